The normalized spacial score (nSPS) is 39.1. The van der Waals surface area contributed by atoms with Crippen molar-refractivity contribution in [3.8, 4) is 0 Å². The molecule has 36 heavy (non-hydrogen) atoms. The number of halogens is 1. The number of fused-ring (bicyclic) bond motifs is 5. The summed E-state index contributed by atoms with van der Waals surface area (Å²) in [6, 6.07) is 3.35. The van der Waals surface area contributed by atoms with Gasteiger partial charge in [-0.05, 0) is 73.8 Å². The maximum Gasteiger partial charge on any atom is 0.344 e. The molecule has 0 bridgehead atoms. The molecule has 1 aromatic heterocycles. The van der Waals surface area contributed by atoms with Gasteiger partial charge in [0.15, 0.2) is 24.8 Å². The molecular weight excluding hydrogens is 573 g/mol. The number of hydrogen-bond donors (Lipinski definition) is 2. The Balaban J connectivity index is 0.00000304. The number of aliphatic hydroxyl groups is 2. The zero-order valence-corrected chi connectivity index (χ0v) is 23.4. The van der Waals surface area contributed by atoms with Crippen molar-refractivity contribution in [3.05, 3.63) is 41.7 Å². The molecular formula is C28H36INO6. The van der Waals surface area contributed by atoms with Crippen molar-refractivity contribution in [3.63, 3.8) is 0 Å². The number of aromatic nitrogens is 1. The number of hydrogen-bond acceptors (Lipinski definition) is 6. The molecule has 1 heterocycles. The van der Waals surface area contributed by atoms with E-state index in [9.17, 15) is 24.6 Å². The first-order chi connectivity index (χ1) is 16.5. The zero-order valence-electron chi connectivity index (χ0n) is 21.2. The molecule has 5 rings (SSSR count). The van der Waals surface area contributed by atoms with Crippen LogP contribution in [0, 0.1) is 28.6 Å². The van der Waals surface area contributed by atoms with Crippen LogP contribution in [0.2, 0.25) is 0 Å². The Bertz CT molecular complexity index is 1120. The SMILES string of the molecule is C[n+]1cccc(C(=O)OCC(=O)[C@@]2(O)CC[C@H]3[C@@H]4CCC5=CC(=O)CC[C@]5(C)[C@H]4C(O)C[C@@]32C)c1.[I-]. The second-order valence-corrected chi connectivity index (χ2v) is 11.7. The highest BCUT2D eigenvalue weighted by Gasteiger charge is 2.68. The first-order valence-corrected chi connectivity index (χ1v) is 12.8. The van der Waals surface area contributed by atoms with Crippen LogP contribution in [0.4, 0.5) is 0 Å². The Morgan fingerprint density at radius 1 is 1.19 bits per heavy atom. The van der Waals surface area contributed by atoms with Crippen molar-refractivity contribution in [2.75, 3.05) is 6.61 Å². The lowest BCUT2D eigenvalue weighted by molar-refractivity contribution is -0.671. The van der Waals surface area contributed by atoms with Gasteiger partial charge in [-0.1, -0.05) is 19.4 Å². The largest absolute Gasteiger partial charge is 1.00 e. The summed E-state index contributed by atoms with van der Waals surface area (Å²) in [5.41, 5.74) is -1.16. The summed E-state index contributed by atoms with van der Waals surface area (Å²) in [7, 11) is 1.79. The Morgan fingerprint density at radius 2 is 1.94 bits per heavy atom. The van der Waals surface area contributed by atoms with Crippen molar-refractivity contribution in [2.24, 2.45) is 35.6 Å². The number of pyridine rings is 1. The molecule has 7 atom stereocenters. The first-order valence-electron chi connectivity index (χ1n) is 12.8. The lowest BCUT2D eigenvalue weighted by Gasteiger charge is -2.60. The average molecular weight is 610 g/mol. The Kier molecular flexibility index (Phi) is 7.29. The predicted octanol–water partition coefficient (Wildman–Crippen LogP) is -0.525. The van der Waals surface area contributed by atoms with Crippen molar-refractivity contribution in [1.29, 1.82) is 0 Å². The van der Waals surface area contributed by atoms with E-state index in [2.05, 4.69) is 6.92 Å². The van der Waals surface area contributed by atoms with Crippen LogP contribution in [0.25, 0.3) is 0 Å². The van der Waals surface area contributed by atoms with Crippen molar-refractivity contribution >= 4 is 17.5 Å². The highest BCUT2D eigenvalue weighted by atomic mass is 127. The van der Waals surface area contributed by atoms with Crippen molar-refractivity contribution in [1.82, 2.24) is 0 Å². The van der Waals surface area contributed by atoms with E-state index in [-0.39, 0.29) is 52.9 Å². The van der Waals surface area contributed by atoms with Crippen LogP contribution < -0.4 is 28.5 Å². The van der Waals surface area contributed by atoms with E-state index in [1.807, 2.05) is 6.92 Å². The summed E-state index contributed by atoms with van der Waals surface area (Å²) in [4.78, 5) is 37.9. The number of Topliss-reactive ketones (excluding diaryl/α,β-unsaturated/α-hetero) is 1. The smallest absolute Gasteiger partial charge is 0.344 e. The second-order valence-electron chi connectivity index (χ2n) is 11.7. The monoisotopic (exact) mass is 609 g/mol. The minimum absolute atomic E-state index is 0. The number of allylic oxidation sites excluding steroid dienone is 1. The maximum atomic E-state index is 13.4. The summed E-state index contributed by atoms with van der Waals surface area (Å²) in [6.07, 6.45) is 8.78. The molecule has 1 aromatic rings. The quantitative estimate of drug-likeness (QED) is 0.271. The Hall–Kier alpha value is -1.65. The average Bonchev–Trinajstić information content (AvgIpc) is 3.08. The van der Waals surface area contributed by atoms with E-state index >= 15 is 0 Å². The maximum absolute atomic E-state index is 13.4. The predicted molar refractivity (Wildman–Crippen MR) is 126 cm³/mol. The molecule has 196 valence electrons. The summed E-state index contributed by atoms with van der Waals surface area (Å²) < 4.78 is 7.04. The third kappa shape index (κ3) is 4.07. The number of ketones is 2. The molecule has 8 heteroatoms. The van der Waals surface area contributed by atoms with Gasteiger partial charge in [0.25, 0.3) is 0 Å². The van der Waals surface area contributed by atoms with Gasteiger partial charge in [-0.25, -0.2) is 9.36 Å². The van der Waals surface area contributed by atoms with Crippen molar-refractivity contribution in [2.45, 2.75) is 70.5 Å². The number of carbonyl (C=O) groups is 3. The molecule has 1 unspecified atom stereocenters. The van der Waals surface area contributed by atoms with Gasteiger partial charge in [0.2, 0.25) is 5.78 Å². The number of ether oxygens (including phenoxy) is 1. The molecule has 2 N–H and O–H groups in total. The minimum Gasteiger partial charge on any atom is -1.00 e. The standard InChI is InChI=1S/C28H36NO6.HI/c1-26-10-8-19(30)13-18(26)6-7-20-21-9-11-28(34,27(21,2)14-22(31)24(20)26)23(32)16-35-25(33)17-5-4-12-29(3)15-17;/h4-5,12-13,15,20-22,24,31,34H,6-11,14,16H2,1-3H3;1H/q+1;/p-1/t20-,21-,22?,24+,26-,27-,28-;/m0./s1. The van der Waals surface area contributed by atoms with E-state index in [0.29, 0.717) is 31.2 Å². The number of aryl methyl sites for hydroxylation is 1. The third-order valence-corrected chi connectivity index (χ3v) is 10.0. The van der Waals surface area contributed by atoms with Gasteiger partial charge in [0, 0.05) is 17.9 Å². The van der Waals surface area contributed by atoms with Crippen LogP contribution in [-0.4, -0.2) is 46.1 Å². The number of nitrogens with zero attached hydrogens (tertiary/aromatic N) is 1. The Morgan fingerprint density at radius 3 is 2.67 bits per heavy atom. The fraction of sp³-hybridized carbons (Fsp3) is 0.643. The van der Waals surface area contributed by atoms with Gasteiger partial charge in [-0.3, -0.25) is 9.59 Å². The summed E-state index contributed by atoms with van der Waals surface area (Å²) in [6.45, 7) is 3.62. The van der Waals surface area contributed by atoms with Crippen LogP contribution in [0.5, 0.6) is 0 Å². The fourth-order valence-electron chi connectivity index (χ4n) is 8.19. The van der Waals surface area contributed by atoms with E-state index in [0.717, 1.165) is 24.8 Å². The third-order valence-electron chi connectivity index (χ3n) is 10.0. The number of esters is 1. The molecule has 3 fully saturated rings. The van der Waals surface area contributed by atoms with E-state index < -0.39 is 35.5 Å². The van der Waals surface area contributed by atoms with Gasteiger partial charge in [-0.15, -0.1) is 0 Å². The lowest BCUT2D eigenvalue weighted by Crippen LogP contribution is -3.00. The highest BCUT2D eigenvalue weighted by molar-refractivity contribution is 5.94. The molecule has 0 amide bonds. The van der Waals surface area contributed by atoms with E-state index in [1.165, 1.54) is 0 Å². The number of aliphatic hydroxyl groups excluding tert-OH is 1. The molecule has 0 radical (unpaired) electrons. The van der Waals surface area contributed by atoms with Crippen LogP contribution in [0.15, 0.2) is 36.2 Å². The number of rotatable bonds is 4. The van der Waals surface area contributed by atoms with Gasteiger partial charge in [0.05, 0.1) is 6.10 Å². The summed E-state index contributed by atoms with van der Waals surface area (Å²) in [5.74, 6) is -0.647. The van der Waals surface area contributed by atoms with Crippen molar-refractivity contribution < 1.29 is 57.9 Å². The summed E-state index contributed by atoms with van der Waals surface area (Å²) >= 11 is 0. The minimum atomic E-state index is -1.65. The second kappa shape index (κ2) is 9.58. The van der Waals surface area contributed by atoms with Crippen LogP contribution in [0.3, 0.4) is 0 Å². The topological polar surface area (TPSA) is 105 Å². The van der Waals surface area contributed by atoms with Crippen LogP contribution >= 0.6 is 0 Å². The van der Waals surface area contributed by atoms with E-state index in [4.69, 9.17) is 4.74 Å². The number of carbonyl (C=O) groups excluding carboxylic acids is 3. The van der Waals surface area contributed by atoms with Crippen LogP contribution in [-0.2, 0) is 21.4 Å². The molecule has 0 spiro atoms. The molecule has 4 aliphatic carbocycles. The van der Waals surface area contributed by atoms with Gasteiger partial charge in [0.1, 0.15) is 18.2 Å². The lowest BCUT2D eigenvalue weighted by atomic mass is 9.45. The molecule has 4 aliphatic rings. The van der Waals surface area contributed by atoms with E-state index in [1.54, 1.807) is 42.2 Å². The first kappa shape index (κ1) is 27.4. The summed E-state index contributed by atoms with van der Waals surface area (Å²) in [5, 5.41) is 23.2. The fourth-order valence-corrected chi connectivity index (χ4v) is 8.19. The molecule has 0 aliphatic heterocycles. The van der Waals surface area contributed by atoms with Gasteiger partial charge < -0.3 is 38.9 Å². The molecule has 7 nitrogen and oxygen atoms in total. The van der Waals surface area contributed by atoms with Gasteiger partial charge >= 0.3 is 5.97 Å². The molecule has 0 saturated heterocycles. The molecule has 3 saturated carbocycles. The molecule has 0 aromatic carbocycles. The van der Waals surface area contributed by atoms with Gasteiger partial charge in [-0.2, -0.15) is 0 Å². The Labute approximate surface area is 229 Å². The van der Waals surface area contributed by atoms with Crippen LogP contribution in [0.1, 0.15) is 69.2 Å². The zero-order chi connectivity index (χ0) is 25.2. The highest BCUT2D eigenvalue weighted by Crippen LogP contribution is 2.67.